The number of carbonyl (C=O) groups is 3. The van der Waals surface area contributed by atoms with Gasteiger partial charge in [-0.05, 0) is 84.6 Å². The highest BCUT2D eigenvalue weighted by Gasteiger charge is 2.31. The van der Waals surface area contributed by atoms with E-state index in [9.17, 15) is 23.9 Å². The topological polar surface area (TPSA) is 106 Å². The molecule has 4 aromatic rings. The number of benzene rings is 3. The molecule has 1 aliphatic heterocycles. The van der Waals surface area contributed by atoms with E-state index in [0.29, 0.717) is 11.1 Å². The minimum atomic E-state index is -1.08. The summed E-state index contributed by atoms with van der Waals surface area (Å²) in [5, 5.41) is 13.0. The second-order valence-corrected chi connectivity index (χ2v) is 12.3. The fourth-order valence-corrected chi connectivity index (χ4v) is 6.00. The summed E-state index contributed by atoms with van der Waals surface area (Å²) in [5.41, 5.74) is 5.18. The molecule has 0 bridgehead atoms. The van der Waals surface area contributed by atoms with Gasteiger partial charge in [0.05, 0.1) is 29.4 Å². The van der Waals surface area contributed by atoms with Crippen LogP contribution < -0.4 is 10.2 Å². The molecule has 242 valence electrons. The minimum absolute atomic E-state index is 0.0427. The molecule has 1 unspecified atom stereocenters. The SMILES string of the molecule is CN1CCN(c2ccc(-c3cccc(CN(C(=O)c4cccnc4)C(CC(=O)O)c4ccc(F)cc4)c3)cc2NC(=O)C2CC2)CC1. The zero-order chi connectivity index (χ0) is 32.9. The average molecular weight is 636 g/mol. The van der Waals surface area contributed by atoms with Crippen LogP contribution in [0.25, 0.3) is 11.1 Å². The standard InChI is InChI=1S/C37H38FN5O4/c1-41-16-18-42(19-17-41)33-14-11-29(21-32(33)40-36(46)27-7-8-27)28-5-2-4-25(20-28)24-43(37(47)30-6-3-15-39-23-30)34(22-35(44)45)26-9-12-31(38)13-10-26/h2-6,9-15,20-21,23,27,34H,7-8,16-19,22,24H2,1H3,(H,40,46)(H,44,45). The van der Waals surface area contributed by atoms with Crippen molar-refractivity contribution >= 4 is 29.2 Å². The van der Waals surface area contributed by atoms with Crippen LogP contribution in [0.5, 0.6) is 0 Å². The number of piperazine rings is 1. The van der Waals surface area contributed by atoms with Crippen LogP contribution in [0.1, 0.15) is 46.8 Å². The van der Waals surface area contributed by atoms with Gasteiger partial charge in [-0.1, -0.05) is 36.4 Å². The molecular formula is C37H38FN5O4. The van der Waals surface area contributed by atoms with Gasteiger partial charge in [-0.15, -0.1) is 0 Å². The van der Waals surface area contributed by atoms with Crippen LogP contribution in [0, 0.1) is 11.7 Å². The predicted molar refractivity (Wildman–Crippen MR) is 178 cm³/mol. The summed E-state index contributed by atoms with van der Waals surface area (Å²) in [5.74, 6) is -1.82. The van der Waals surface area contributed by atoms with Gasteiger partial charge in [-0.2, -0.15) is 0 Å². The molecule has 1 saturated heterocycles. The van der Waals surface area contributed by atoms with E-state index in [1.807, 2.05) is 36.4 Å². The van der Waals surface area contributed by atoms with Gasteiger partial charge >= 0.3 is 5.97 Å². The lowest BCUT2D eigenvalue weighted by molar-refractivity contribution is -0.138. The number of nitrogens with zero attached hydrogens (tertiary/aromatic N) is 4. The summed E-state index contributed by atoms with van der Waals surface area (Å²) in [6.45, 7) is 3.71. The molecule has 2 fully saturated rings. The van der Waals surface area contributed by atoms with Gasteiger partial charge in [0.25, 0.3) is 5.91 Å². The third kappa shape index (κ3) is 7.84. The van der Waals surface area contributed by atoms with E-state index >= 15 is 0 Å². The highest BCUT2D eigenvalue weighted by Crippen LogP contribution is 2.36. The van der Waals surface area contributed by atoms with Crippen molar-refractivity contribution in [3.05, 3.63) is 114 Å². The lowest BCUT2D eigenvalue weighted by Gasteiger charge is -2.35. The van der Waals surface area contributed by atoms with Crippen molar-refractivity contribution < 1.29 is 23.9 Å². The van der Waals surface area contributed by atoms with Crippen LogP contribution in [-0.2, 0) is 16.1 Å². The van der Waals surface area contributed by atoms with Gasteiger partial charge in [0, 0.05) is 51.0 Å². The Morgan fingerprint density at radius 1 is 0.957 bits per heavy atom. The van der Waals surface area contributed by atoms with Gasteiger partial charge in [0.15, 0.2) is 0 Å². The highest BCUT2D eigenvalue weighted by atomic mass is 19.1. The quantitative estimate of drug-likeness (QED) is 0.213. The maximum Gasteiger partial charge on any atom is 0.305 e. The molecule has 1 atom stereocenters. The normalized spacial score (nSPS) is 15.6. The van der Waals surface area contributed by atoms with Gasteiger partial charge < -0.3 is 25.1 Å². The van der Waals surface area contributed by atoms with Crippen LogP contribution in [0.15, 0.2) is 91.3 Å². The van der Waals surface area contributed by atoms with Gasteiger partial charge in [-0.3, -0.25) is 19.4 Å². The fraction of sp³-hybridized carbons (Fsp3) is 0.297. The molecule has 1 aliphatic carbocycles. The Hall–Kier alpha value is -5.09. The zero-order valence-electron chi connectivity index (χ0n) is 26.3. The van der Waals surface area contributed by atoms with E-state index < -0.39 is 17.8 Å². The number of likely N-dealkylation sites (N-methyl/N-ethyl adjacent to an activating group) is 1. The van der Waals surface area contributed by atoms with E-state index in [0.717, 1.165) is 67.1 Å². The van der Waals surface area contributed by atoms with Crippen molar-refractivity contribution in [1.82, 2.24) is 14.8 Å². The van der Waals surface area contributed by atoms with Gasteiger partial charge in [-0.25, -0.2) is 4.39 Å². The molecule has 2 amide bonds. The Labute approximate surface area is 273 Å². The van der Waals surface area contributed by atoms with E-state index in [1.165, 1.54) is 35.4 Å². The zero-order valence-corrected chi connectivity index (χ0v) is 26.3. The minimum Gasteiger partial charge on any atom is -0.481 e. The fourth-order valence-electron chi connectivity index (χ4n) is 6.00. The number of hydrogen-bond acceptors (Lipinski definition) is 6. The number of pyridine rings is 1. The van der Waals surface area contributed by atoms with Crippen LogP contribution >= 0.6 is 0 Å². The third-order valence-electron chi connectivity index (χ3n) is 8.83. The van der Waals surface area contributed by atoms with Crippen molar-refractivity contribution in [3.63, 3.8) is 0 Å². The number of rotatable bonds is 11. The second kappa shape index (κ2) is 14.1. The first kappa shape index (κ1) is 31.9. The molecule has 2 aliphatic rings. The summed E-state index contributed by atoms with van der Waals surface area (Å²) in [4.78, 5) is 49.1. The number of carbonyl (C=O) groups excluding carboxylic acids is 2. The first-order chi connectivity index (χ1) is 22.7. The summed E-state index contributed by atoms with van der Waals surface area (Å²) >= 11 is 0. The molecule has 0 radical (unpaired) electrons. The first-order valence-corrected chi connectivity index (χ1v) is 15.9. The molecule has 3 aromatic carbocycles. The van der Waals surface area contributed by atoms with E-state index in [2.05, 4.69) is 33.2 Å². The number of halogens is 1. The maximum atomic E-state index is 14.0. The van der Waals surface area contributed by atoms with Crippen LogP contribution in [0.4, 0.5) is 15.8 Å². The van der Waals surface area contributed by atoms with Crippen molar-refractivity contribution in [2.45, 2.75) is 31.8 Å². The molecule has 2 heterocycles. The Kier molecular flexibility index (Phi) is 9.58. The van der Waals surface area contributed by atoms with E-state index in [-0.39, 0.29) is 30.7 Å². The molecule has 10 heteroatoms. The Morgan fingerprint density at radius 2 is 1.70 bits per heavy atom. The third-order valence-corrected chi connectivity index (χ3v) is 8.83. The molecule has 9 nitrogen and oxygen atoms in total. The number of aliphatic carboxylic acids is 1. The molecule has 0 spiro atoms. The van der Waals surface area contributed by atoms with E-state index in [1.54, 1.807) is 18.3 Å². The van der Waals surface area contributed by atoms with Gasteiger partial charge in [0.2, 0.25) is 5.91 Å². The lowest BCUT2D eigenvalue weighted by atomic mass is 9.98. The number of carboxylic acid groups (broad SMARTS) is 1. The van der Waals surface area contributed by atoms with Crippen molar-refractivity contribution in [2.24, 2.45) is 5.92 Å². The highest BCUT2D eigenvalue weighted by molar-refractivity contribution is 5.98. The van der Waals surface area contributed by atoms with Crippen molar-refractivity contribution in [3.8, 4) is 11.1 Å². The molecular weight excluding hydrogens is 597 g/mol. The number of hydrogen-bond donors (Lipinski definition) is 2. The molecule has 1 saturated carbocycles. The predicted octanol–water partition coefficient (Wildman–Crippen LogP) is 5.85. The molecule has 1 aromatic heterocycles. The van der Waals surface area contributed by atoms with E-state index in [4.69, 9.17) is 0 Å². The summed E-state index contributed by atoms with van der Waals surface area (Å²) < 4.78 is 13.8. The smallest absolute Gasteiger partial charge is 0.305 e. The molecule has 6 rings (SSSR count). The first-order valence-electron chi connectivity index (χ1n) is 15.9. The Balaban J connectivity index is 1.34. The van der Waals surface area contributed by atoms with Gasteiger partial charge in [0.1, 0.15) is 5.82 Å². The number of aromatic nitrogens is 1. The summed E-state index contributed by atoms with van der Waals surface area (Å²) in [7, 11) is 2.11. The van der Waals surface area contributed by atoms with Crippen molar-refractivity contribution in [2.75, 3.05) is 43.4 Å². The molecule has 2 N–H and O–H groups in total. The van der Waals surface area contributed by atoms with Crippen LogP contribution in [0.2, 0.25) is 0 Å². The summed E-state index contributed by atoms with van der Waals surface area (Å²) in [6.07, 6.45) is 4.47. The molecule has 47 heavy (non-hydrogen) atoms. The van der Waals surface area contributed by atoms with Crippen LogP contribution in [0.3, 0.4) is 0 Å². The number of anilines is 2. The Morgan fingerprint density at radius 3 is 2.38 bits per heavy atom. The number of amides is 2. The summed E-state index contributed by atoms with van der Waals surface area (Å²) in [6, 6.07) is 21.9. The lowest BCUT2D eigenvalue weighted by Crippen LogP contribution is -2.44. The maximum absolute atomic E-state index is 14.0. The average Bonchev–Trinajstić information content (AvgIpc) is 3.94. The number of carboxylic acids is 1. The van der Waals surface area contributed by atoms with Crippen molar-refractivity contribution in [1.29, 1.82) is 0 Å². The largest absolute Gasteiger partial charge is 0.481 e. The Bertz CT molecular complexity index is 1740. The number of nitrogens with one attached hydrogen (secondary N) is 1. The second-order valence-electron chi connectivity index (χ2n) is 12.3. The van der Waals surface area contributed by atoms with Crippen LogP contribution in [-0.4, -0.2) is 70.9 Å². The monoisotopic (exact) mass is 635 g/mol.